The van der Waals surface area contributed by atoms with Gasteiger partial charge in [-0.3, -0.25) is 0 Å². The van der Waals surface area contributed by atoms with Crippen molar-refractivity contribution in [3.8, 4) is 5.75 Å². The Hall–Kier alpha value is -1.06. The molecule has 0 aromatic heterocycles. The summed E-state index contributed by atoms with van der Waals surface area (Å²) >= 11 is 3.49. The van der Waals surface area contributed by atoms with Crippen molar-refractivity contribution in [3.05, 3.63) is 39.9 Å². The zero-order valence-electron chi connectivity index (χ0n) is 9.53. The lowest BCUT2D eigenvalue weighted by molar-refractivity contribution is 0.166. The summed E-state index contributed by atoms with van der Waals surface area (Å²) in [5.41, 5.74) is 2.23. The minimum atomic E-state index is -0.366. The molecular weight excluding hydrogens is 280 g/mol. The molecule has 1 atom stereocenters. The summed E-state index contributed by atoms with van der Waals surface area (Å²) in [6, 6.07) is 8.14. The first-order chi connectivity index (χ1) is 8.20. The lowest BCUT2D eigenvalue weighted by Gasteiger charge is -2.24. The van der Waals surface area contributed by atoms with Gasteiger partial charge in [0.05, 0.1) is 13.2 Å². The van der Waals surface area contributed by atoms with Gasteiger partial charge in [0, 0.05) is 10.0 Å². The van der Waals surface area contributed by atoms with Crippen molar-refractivity contribution in [2.45, 2.75) is 18.9 Å². The molecule has 0 aliphatic heterocycles. The van der Waals surface area contributed by atoms with Gasteiger partial charge in [-0.2, -0.15) is 0 Å². The Balaban J connectivity index is 2.43. The molecule has 0 unspecified atom stereocenters. The molecule has 0 spiro atoms. The summed E-state index contributed by atoms with van der Waals surface area (Å²) in [5.74, 6) is 0.924. The summed E-state index contributed by atoms with van der Waals surface area (Å²) in [6.07, 6.45) is 1.27. The number of hydrogen-bond donors (Lipinski definition) is 1. The summed E-state index contributed by atoms with van der Waals surface area (Å²) < 4.78 is 6.42. The van der Waals surface area contributed by atoms with E-state index in [4.69, 9.17) is 4.74 Å². The van der Waals surface area contributed by atoms with Gasteiger partial charge in [-0.05, 0) is 47.4 Å². The van der Waals surface area contributed by atoms with E-state index in [-0.39, 0.29) is 6.10 Å². The summed E-state index contributed by atoms with van der Waals surface area (Å²) in [5, 5.41) is 12.4. The summed E-state index contributed by atoms with van der Waals surface area (Å²) in [6.45, 7) is 0. The van der Waals surface area contributed by atoms with Crippen molar-refractivity contribution < 1.29 is 9.84 Å². The van der Waals surface area contributed by atoms with Crippen LogP contribution < -0.4 is 4.74 Å². The highest BCUT2D eigenvalue weighted by atomic mass is 79.9. The molecule has 0 radical (unpaired) electrons. The average Bonchev–Trinajstić information content (AvgIpc) is 2.33. The van der Waals surface area contributed by atoms with Gasteiger partial charge in [0.15, 0.2) is 0 Å². The molecule has 88 valence electrons. The third-order valence-electron chi connectivity index (χ3n) is 3.42. The maximum absolute atomic E-state index is 10.1. The van der Waals surface area contributed by atoms with Crippen molar-refractivity contribution in [1.82, 2.24) is 0 Å². The predicted octanol–water partition coefficient (Wildman–Crippen LogP) is 3.59. The molecule has 1 aliphatic rings. The molecule has 0 heterocycles. The third kappa shape index (κ3) is 1.65. The van der Waals surface area contributed by atoms with E-state index < -0.39 is 0 Å². The highest BCUT2D eigenvalue weighted by Crippen LogP contribution is 2.41. The van der Waals surface area contributed by atoms with Crippen LogP contribution in [0.3, 0.4) is 0 Å². The minimum Gasteiger partial charge on any atom is -0.496 e. The monoisotopic (exact) mass is 292 g/mol. The number of hydrogen-bond acceptors (Lipinski definition) is 2. The SMILES string of the molecule is COc1ccc2cc(Br)cc3c2c1CC[C@H]3O. The standard InChI is InChI=1S/C14H13BrO2/c1-17-13-5-2-8-6-9(15)7-11-12(16)4-3-10(13)14(8)11/h2,5-7,12,16H,3-4H2,1H3/t12-/m1/s1. The van der Waals surface area contributed by atoms with E-state index in [2.05, 4.69) is 22.0 Å². The second kappa shape index (κ2) is 4.00. The van der Waals surface area contributed by atoms with Gasteiger partial charge in [0.1, 0.15) is 5.75 Å². The van der Waals surface area contributed by atoms with E-state index in [0.29, 0.717) is 0 Å². The average molecular weight is 293 g/mol. The van der Waals surface area contributed by atoms with Crippen LogP contribution in [0, 0.1) is 0 Å². The molecule has 2 aromatic carbocycles. The fraction of sp³-hybridized carbons (Fsp3) is 0.286. The lowest BCUT2D eigenvalue weighted by Crippen LogP contribution is -2.09. The first-order valence-electron chi connectivity index (χ1n) is 5.68. The fourth-order valence-corrected chi connectivity index (χ4v) is 3.15. The Morgan fingerprint density at radius 3 is 2.94 bits per heavy atom. The van der Waals surface area contributed by atoms with Gasteiger partial charge in [-0.25, -0.2) is 0 Å². The normalized spacial score (nSPS) is 18.4. The van der Waals surface area contributed by atoms with Crippen LogP contribution in [-0.4, -0.2) is 12.2 Å². The molecule has 2 nitrogen and oxygen atoms in total. The van der Waals surface area contributed by atoms with Crippen LogP contribution in [0.4, 0.5) is 0 Å². The maximum Gasteiger partial charge on any atom is 0.122 e. The first kappa shape index (κ1) is 11.1. The van der Waals surface area contributed by atoms with Crippen LogP contribution >= 0.6 is 15.9 Å². The lowest BCUT2D eigenvalue weighted by atomic mass is 9.86. The van der Waals surface area contributed by atoms with Gasteiger partial charge >= 0.3 is 0 Å². The number of rotatable bonds is 1. The van der Waals surface area contributed by atoms with E-state index in [9.17, 15) is 5.11 Å². The largest absolute Gasteiger partial charge is 0.496 e. The van der Waals surface area contributed by atoms with Crippen LogP contribution in [0.2, 0.25) is 0 Å². The van der Waals surface area contributed by atoms with Crippen LogP contribution in [0.1, 0.15) is 23.7 Å². The van der Waals surface area contributed by atoms with E-state index in [1.807, 2.05) is 18.2 Å². The Labute approximate surface area is 108 Å². The Kier molecular flexibility index (Phi) is 2.60. The Morgan fingerprint density at radius 1 is 1.35 bits per heavy atom. The molecule has 0 amide bonds. The highest BCUT2D eigenvalue weighted by Gasteiger charge is 2.22. The molecule has 2 aromatic rings. The molecular formula is C14H13BrO2. The molecule has 1 N–H and O–H groups in total. The predicted molar refractivity (Wildman–Crippen MR) is 71.5 cm³/mol. The number of methoxy groups -OCH3 is 1. The quantitative estimate of drug-likeness (QED) is 0.870. The van der Waals surface area contributed by atoms with Gasteiger partial charge in [-0.1, -0.05) is 22.0 Å². The number of benzene rings is 2. The van der Waals surface area contributed by atoms with Crippen LogP contribution in [0.25, 0.3) is 10.8 Å². The van der Waals surface area contributed by atoms with Crippen LogP contribution in [-0.2, 0) is 6.42 Å². The molecule has 0 saturated heterocycles. The number of ether oxygens (including phenoxy) is 1. The minimum absolute atomic E-state index is 0.366. The number of aliphatic hydroxyl groups is 1. The molecule has 0 bridgehead atoms. The topological polar surface area (TPSA) is 29.5 Å². The third-order valence-corrected chi connectivity index (χ3v) is 3.88. The van der Waals surface area contributed by atoms with E-state index in [1.165, 1.54) is 5.56 Å². The molecule has 17 heavy (non-hydrogen) atoms. The Morgan fingerprint density at radius 2 is 2.18 bits per heavy atom. The van der Waals surface area contributed by atoms with Gasteiger partial charge in [-0.15, -0.1) is 0 Å². The molecule has 3 rings (SSSR count). The second-order valence-corrected chi connectivity index (χ2v) is 5.31. The van der Waals surface area contributed by atoms with Gasteiger partial charge in [0.2, 0.25) is 0 Å². The molecule has 1 aliphatic carbocycles. The second-order valence-electron chi connectivity index (χ2n) is 4.39. The zero-order valence-corrected chi connectivity index (χ0v) is 11.1. The van der Waals surface area contributed by atoms with Crippen molar-refractivity contribution in [1.29, 1.82) is 0 Å². The van der Waals surface area contributed by atoms with Gasteiger partial charge < -0.3 is 9.84 Å². The zero-order chi connectivity index (χ0) is 12.0. The summed E-state index contributed by atoms with van der Waals surface area (Å²) in [7, 11) is 1.70. The van der Waals surface area contributed by atoms with E-state index >= 15 is 0 Å². The van der Waals surface area contributed by atoms with Gasteiger partial charge in [0.25, 0.3) is 0 Å². The van der Waals surface area contributed by atoms with Crippen molar-refractivity contribution in [2.24, 2.45) is 0 Å². The highest BCUT2D eigenvalue weighted by molar-refractivity contribution is 9.10. The molecule has 3 heteroatoms. The van der Waals surface area contributed by atoms with E-state index in [0.717, 1.165) is 39.4 Å². The fourth-order valence-electron chi connectivity index (χ4n) is 2.66. The maximum atomic E-state index is 10.1. The number of aliphatic hydroxyl groups excluding tert-OH is 1. The Bertz CT molecular complexity index is 592. The van der Waals surface area contributed by atoms with Crippen molar-refractivity contribution in [3.63, 3.8) is 0 Å². The van der Waals surface area contributed by atoms with Crippen molar-refractivity contribution in [2.75, 3.05) is 7.11 Å². The number of halogens is 1. The van der Waals surface area contributed by atoms with Crippen molar-refractivity contribution >= 4 is 26.7 Å². The molecule has 0 fully saturated rings. The smallest absolute Gasteiger partial charge is 0.122 e. The van der Waals surface area contributed by atoms with E-state index in [1.54, 1.807) is 7.11 Å². The number of aryl methyl sites for hydroxylation is 1. The van der Waals surface area contributed by atoms with Crippen LogP contribution in [0.15, 0.2) is 28.7 Å². The summed E-state index contributed by atoms with van der Waals surface area (Å²) in [4.78, 5) is 0. The van der Waals surface area contributed by atoms with Crippen LogP contribution in [0.5, 0.6) is 5.75 Å². The first-order valence-corrected chi connectivity index (χ1v) is 6.47. The molecule has 0 saturated carbocycles.